The summed E-state index contributed by atoms with van der Waals surface area (Å²) in [6, 6.07) is 12.3. The first-order valence-corrected chi connectivity index (χ1v) is 9.29. The van der Waals surface area contributed by atoms with Crippen molar-refractivity contribution in [3.8, 4) is 35.7 Å². The smallest absolute Gasteiger partial charge is 0.248 e. The molecule has 0 aromatic heterocycles. The van der Waals surface area contributed by atoms with E-state index < -0.39 is 0 Å². The molecule has 30 heavy (non-hydrogen) atoms. The molecule has 2 N–H and O–H groups in total. The molecule has 0 unspecified atom stereocenters. The highest BCUT2D eigenvalue weighted by atomic mass is 16.5. The van der Waals surface area contributed by atoms with Gasteiger partial charge in [0.05, 0.1) is 18.4 Å². The number of nitrogens with one attached hydrogen (secondary N) is 2. The standard InChI is InChI=1S/C23H21N3O4/c1-3-12-29-20-10-8-16(22(23(20)28-2)30-18-14-25-15-18)9-11-21(27)26-19-7-5-4-6-17(19)13-24/h1,4-11,18,25H,12,14-15H2,2H3,(H,26,27)/b11-9+. The number of methoxy groups -OCH3 is 1. The summed E-state index contributed by atoms with van der Waals surface area (Å²) in [5.74, 6) is 3.39. The van der Waals surface area contributed by atoms with E-state index in [4.69, 9.17) is 25.9 Å². The summed E-state index contributed by atoms with van der Waals surface area (Å²) in [6.07, 6.45) is 8.27. The van der Waals surface area contributed by atoms with E-state index in [-0.39, 0.29) is 18.6 Å². The van der Waals surface area contributed by atoms with E-state index in [0.29, 0.717) is 47.2 Å². The Morgan fingerprint density at radius 2 is 2.10 bits per heavy atom. The number of terminal acetylenes is 1. The monoisotopic (exact) mass is 403 g/mol. The van der Waals surface area contributed by atoms with Crippen LogP contribution in [0.3, 0.4) is 0 Å². The van der Waals surface area contributed by atoms with Gasteiger partial charge in [-0.1, -0.05) is 18.1 Å². The zero-order chi connectivity index (χ0) is 21.3. The average Bonchev–Trinajstić information content (AvgIpc) is 2.73. The summed E-state index contributed by atoms with van der Waals surface area (Å²) in [5.41, 5.74) is 1.48. The minimum absolute atomic E-state index is 0.00901. The molecule has 1 amide bonds. The van der Waals surface area contributed by atoms with Gasteiger partial charge in [0.2, 0.25) is 11.7 Å². The Bertz CT molecular complexity index is 1030. The third-order valence-electron chi connectivity index (χ3n) is 4.37. The summed E-state index contributed by atoms with van der Waals surface area (Å²) in [6.45, 7) is 1.52. The Morgan fingerprint density at radius 3 is 2.77 bits per heavy atom. The number of para-hydroxylation sites is 1. The molecule has 152 valence electrons. The third-order valence-corrected chi connectivity index (χ3v) is 4.37. The molecule has 2 aromatic rings. The third kappa shape index (κ3) is 4.91. The zero-order valence-corrected chi connectivity index (χ0v) is 16.5. The Balaban J connectivity index is 1.85. The number of rotatable bonds is 8. The van der Waals surface area contributed by atoms with Gasteiger partial charge < -0.3 is 24.8 Å². The van der Waals surface area contributed by atoms with E-state index in [1.54, 1.807) is 42.5 Å². The molecule has 0 aliphatic carbocycles. The number of ether oxygens (including phenoxy) is 3. The lowest BCUT2D eigenvalue weighted by molar-refractivity contribution is -0.111. The number of carbonyl (C=O) groups excluding carboxylic acids is 1. The fourth-order valence-electron chi connectivity index (χ4n) is 2.78. The van der Waals surface area contributed by atoms with Crippen LogP contribution in [-0.4, -0.2) is 38.8 Å². The summed E-state index contributed by atoms with van der Waals surface area (Å²) >= 11 is 0. The second-order valence-corrected chi connectivity index (χ2v) is 6.39. The first-order chi connectivity index (χ1) is 14.7. The molecular formula is C23H21N3O4. The quantitative estimate of drug-likeness (QED) is 0.520. The Morgan fingerprint density at radius 1 is 1.30 bits per heavy atom. The molecule has 7 heteroatoms. The van der Waals surface area contributed by atoms with Crippen molar-refractivity contribution < 1.29 is 19.0 Å². The van der Waals surface area contributed by atoms with Crippen LogP contribution in [0.4, 0.5) is 5.69 Å². The Hall–Kier alpha value is -3.94. The maximum Gasteiger partial charge on any atom is 0.248 e. The second-order valence-electron chi connectivity index (χ2n) is 6.39. The van der Waals surface area contributed by atoms with Crippen LogP contribution in [0.5, 0.6) is 17.2 Å². The van der Waals surface area contributed by atoms with Gasteiger partial charge in [-0.15, -0.1) is 6.42 Å². The van der Waals surface area contributed by atoms with Gasteiger partial charge >= 0.3 is 0 Å². The number of benzene rings is 2. The van der Waals surface area contributed by atoms with Crippen LogP contribution in [0.15, 0.2) is 42.5 Å². The molecule has 0 saturated carbocycles. The van der Waals surface area contributed by atoms with Gasteiger partial charge in [0.1, 0.15) is 18.8 Å². The van der Waals surface area contributed by atoms with E-state index in [2.05, 4.69) is 16.6 Å². The van der Waals surface area contributed by atoms with Gasteiger partial charge in [0, 0.05) is 24.7 Å². The Kier molecular flexibility index (Phi) is 6.94. The van der Waals surface area contributed by atoms with Gasteiger partial charge in [-0.3, -0.25) is 4.79 Å². The maximum atomic E-state index is 12.4. The fraction of sp³-hybridized carbons (Fsp3) is 0.217. The minimum atomic E-state index is -0.374. The van der Waals surface area contributed by atoms with Crippen molar-refractivity contribution in [3.63, 3.8) is 0 Å². The molecule has 1 aliphatic heterocycles. The van der Waals surface area contributed by atoms with Crippen molar-refractivity contribution in [2.45, 2.75) is 6.10 Å². The van der Waals surface area contributed by atoms with Crippen molar-refractivity contribution in [1.82, 2.24) is 5.32 Å². The maximum absolute atomic E-state index is 12.4. The number of nitriles is 1. The van der Waals surface area contributed by atoms with Crippen LogP contribution in [-0.2, 0) is 4.79 Å². The van der Waals surface area contributed by atoms with Gasteiger partial charge in [-0.05, 0) is 30.3 Å². The topological polar surface area (TPSA) is 92.6 Å². The molecule has 0 radical (unpaired) electrons. The largest absolute Gasteiger partial charge is 0.490 e. The lowest BCUT2D eigenvalue weighted by Gasteiger charge is -2.29. The van der Waals surface area contributed by atoms with Gasteiger partial charge in [-0.2, -0.15) is 5.26 Å². The average molecular weight is 403 g/mol. The van der Waals surface area contributed by atoms with Crippen LogP contribution in [0, 0.1) is 23.7 Å². The predicted octanol–water partition coefficient (Wildman–Crippen LogP) is 2.58. The van der Waals surface area contributed by atoms with Crippen LogP contribution in [0.2, 0.25) is 0 Å². The number of nitrogens with zero attached hydrogens (tertiary/aromatic N) is 1. The van der Waals surface area contributed by atoms with Crippen molar-refractivity contribution in [1.29, 1.82) is 5.26 Å². The molecule has 7 nitrogen and oxygen atoms in total. The van der Waals surface area contributed by atoms with Crippen LogP contribution in [0.25, 0.3) is 6.08 Å². The first-order valence-electron chi connectivity index (χ1n) is 9.29. The number of hydrogen-bond donors (Lipinski definition) is 2. The van der Waals surface area contributed by atoms with E-state index in [1.807, 2.05) is 6.07 Å². The van der Waals surface area contributed by atoms with Crippen LogP contribution < -0.4 is 24.8 Å². The van der Waals surface area contributed by atoms with E-state index in [1.165, 1.54) is 13.2 Å². The highest BCUT2D eigenvalue weighted by molar-refractivity contribution is 6.02. The molecule has 0 bridgehead atoms. The van der Waals surface area contributed by atoms with Crippen LogP contribution in [0.1, 0.15) is 11.1 Å². The molecule has 1 fully saturated rings. The number of amides is 1. The predicted molar refractivity (Wildman–Crippen MR) is 113 cm³/mol. The van der Waals surface area contributed by atoms with Gasteiger partial charge in [0.25, 0.3) is 0 Å². The number of anilines is 1. The number of hydrogen-bond acceptors (Lipinski definition) is 6. The van der Waals surface area contributed by atoms with E-state index in [0.717, 1.165) is 0 Å². The van der Waals surface area contributed by atoms with Crippen molar-refractivity contribution in [2.75, 3.05) is 32.1 Å². The summed E-state index contributed by atoms with van der Waals surface area (Å²) < 4.78 is 17.1. The van der Waals surface area contributed by atoms with Crippen molar-refractivity contribution >= 4 is 17.7 Å². The SMILES string of the molecule is C#CCOc1ccc(/C=C/C(=O)Nc2ccccc2C#N)c(OC2CNC2)c1OC. The van der Waals surface area contributed by atoms with Gasteiger partial charge in [-0.25, -0.2) is 0 Å². The molecular weight excluding hydrogens is 382 g/mol. The highest BCUT2D eigenvalue weighted by Gasteiger charge is 2.24. The number of carbonyl (C=O) groups is 1. The van der Waals surface area contributed by atoms with Gasteiger partial charge in [0.15, 0.2) is 11.5 Å². The fourth-order valence-corrected chi connectivity index (χ4v) is 2.78. The van der Waals surface area contributed by atoms with Crippen molar-refractivity contribution in [3.05, 3.63) is 53.6 Å². The normalized spacial score (nSPS) is 13.0. The van der Waals surface area contributed by atoms with Crippen LogP contribution >= 0.6 is 0 Å². The van der Waals surface area contributed by atoms with E-state index >= 15 is 0 Å². The lowest BCUT2D eigenvalue weighted by atomic mass is 10.1. The Labute approximate surface area is 175 Å². The molecule has 1 heterocycles. The molecule has 2 aromatic carbocycles. The summed E-state index contributed by atoms with van der Waals surface area (Å²) in [5, 5.41) is 15.0. The summed E-state index contributed by atoms with van der Waals surface area (Å²) in [7, 11) is 1.52. The van der Waals surface area contributed by atoms with Crippen molar-refractivity contribution in [2.24, 2.45) is 0 Å². The highest BCUT2D eigenvalue weighted by Crippen LogP contribution is 2.41. The molecule has 1 aliphatic rings. The van der Waals surface area contributed by atoms with E-state index in [9.17, 15) is 4.79 Å². The summed E-state index contributed by atoms with van der Waals surface area (Å²) in [4.78, 5) is 12.4. The second kappa shape index (κ2) is 10.0. The first kappa shape index (κ1) is 20.8. The molecule has 0 atom stereocenters. The lowest BCUT2D eigenvalue weighted by Crippen LogP contribution is -2.50. The zero-order valence-electron chi connectivity index (χ0n) is 16.5. The molecule has 1 saturated heterocycles. The minimum Gasteiger partial charge on any atom is -0.490 e. The molecule has 0 spiro atoms. The molecule has 3 rings (SSSR count).